The summed E-state index contributed by atoms with van der Waals surface area (Å²) in [5, 5.41) is 20.6. The molecule has 2 rings (SSSR count). The van der Waals surface area contributed by atoms with Crippen molar-refractivity contribution in [3.05, 3.63) is 35.9 Å². The number of likely N-dealkylation sites (tertiary alicyclic amines) is 1. The standard InChI is InChI=1S/C14H17NO4/c16-13(17)12-7-4-8-15(10-12,14(18)19)9-11-5-2-1-3-6-11/h1-3,5-6,12H,4,7-10H2,(H-,16,17,18,19). The topological polar surface area (TPSA) is 77.4 Å². The molecule has 0 aliphatic carbocycles. The number of amides is 1. The zero-order chi connectivity index (χ0) is 13.9. The molecule has 1 amide bonds. The molecule has 0 bridgehead atoms. The Bertz CT molecular complexity index is 474. The normalized spacial score (nSPS) is 26.8. The summed E-state index contributed by atoms with van der Waals surface area (Å²) >= 11 is 0. The van der Waals surface area contributed by atoms with Crippen LogP contribution in [0, 0.1) is 5.92 Å². The Morgan fingerprint density at radius 3 is 2.58 bits per heavy atom. The van der Waals surface area contributed by atoms with E-state index in [1.165, 1.54) is 0 Å². The van der Waals surface area contributed by atoms with Crippen molar-refractivity contribution in [2.45, 2.75) is 19.4 Å². The van der Waals surface area contributed by atoms with Crippen molar-refractivity contribution in [3.63, 3.8) is 0 Å². The van der Waals surface area contributed by atoms with Gasteiger partial charge in [-0.1, -0.05) is 30.3 Å². The van der Waals surface area contributed by atoms with Crippen molar-refractivity contribution in [2.75, 3.05) is 13.1 Å². The molecule has 1 aromatic rings. The maximum absolute atomic E-state index is 11.5. The lowest BCUT2D eigenvalue weighted by molar-refractivity contribution is -0.895. The van der Waals surface area contributed by atoms with Crippen LogP contribution in [0.5, 0.6) is 0 Å². The maximum atomic E-state index is 11.5. The third kappa shape index (κ3) is 2.93. The quantitative estimate of drug-likeness (QED) is 0.820. The Balaban J connectivity index is 2.23. The van der Waals surface area contributed by atoms with Crippen molar-refractivity contribution in [1.82, 2.24) is 0 Å². The van der Waals surface area contributed by atoms with E-state index in [1.807, 2.05) is 30.3 Å². The first kappa shape index (κ1) is 13.5. The molecule has 102 valence electrons. The van der Waals surface area contributed by atoms with E-state index in [1.54, 1.807) is 0 Å². The molecule has 0 saturated carbocycles. The van der Waals surface area contributed by atoms with E-state index in [0.717, 1.165) is 5.56 Å². The third-order valence-electron chi connectivity index (χ3n) is 3.77. The molecule has 19 heavy (non-hydrogen) atoms. The van der Waals surface area contributed by atoms with Crippen molar-refractivity contribution in [2.24, 2.45) is 5.92 Å². The van der Waals surface area contributed by atoms with Gasteiger partial charge in [0.15, 0.2) is 0 Å². The number of carbonyl (C=O) groups is 2. The highest BCUT2D eigenvalue weighted by atomic mass is 16.4. The number of carboxylic acids is 1. The highest BCUT2D eigenvalue weighted by Crippen LogP contribution is 2.26. The van der Waals surface area contributed by atoms with E-state index >= 15 is 0 Å². The molecule has 0 spiro atoms. The van der Waals surface area contributed by atoms with Gasteiger partial charge in [-0.2, -0.15) is 0 Å². The number of carbonyl (C=O) groups excluding carboxylic acids is 1. The number of quaternary nitrogens is 1. The Hall–Kier alpha value is -1.88. The maximum Gasteiger partial charge on any atom is 0.312 e. The molecule has 5 nitrogen and oxygen atoms in total. The van der Waals surface area contributed by atoms with Gasteiger partial charge in [-0.3, -0.25) is 9.28 Å². The van der Waals surface area contributed by atoms with Crippen molar-refractivity contribution in [3.8, 4) is 0 Å². The molecule has 1 aromatic carbocycles. The summed E-state index contributed by atoms with van der Waals surface area (Å²) in [5.74, 6) is -1.52. The van der Waals surface area contributed by atoms with Crippen LogP contribution in [0.2, 0.25) is 0 Å². The lowest BCUT2D eigenvalue weighted by Crippen LogP contribution is -2.62. The number of rotatable bonds is 3. The summed E-state index contributed by atoms with van der Waals surface area (Å²) in [6, 6.07) is 9.27. The van der Waals surface area contributed by atoms with Crippen molar-refractivity contribution >= 4 is 12.1 Å². The van der Waals surface area contributed by atoms with Crippen molar-refractivity contribution < 1.29 is 24.3 Å². The van der Waals surface area contributed by atoms with Gasteiger partial charge >= 0.3 is 5.97 Å². The van der Waals surface area contributed by atoms with Crippen LogP contribution in [0.3, 0.4) is 0 Å². The van der Waals surface area contributed by atoms with Crippen LogP contribution in [0.4, 0.5) is 4.79 Å². The van der Waals surface area contributed by atoms with Gasteiger partial charge in [-0.05, 0) is 12.8 Å². The summed E-state index contributed by atoms with van der Waals surface area (Å²) in [5.41, 5.74) is 0.887. The van der Waals surface area contributed by atoms with Crippen LogP contribution in [0.15, 0.2) is 30.3 Å². The van der Waals surface area contributed by atoms with Crippen LogP contribution in [-0.2, 0) is 11.3 Å². The number of hydrogen-bond donors (Lipinski definition) is 1. The highest BCUT2D eigenvalue weighted by Gasteiger charge is 2.40. The van der Waals surface area contributed by atoms with E-state index in [-0.39, 0.29) is 17.6 Å². The van der Waals surface area contributed by atoms with Crippen LogP contribution >= 0.6 is 0 Å². The minimum Gasteiger partial charge on any atom is -0.498 e. The minimum absolute atomic E-state index is 0.104. The van der Waals surface area contributed by atoms with Crippen LogP contribution in [-0.4, -0.2) is 34.7 Å². The number of aliphatic carboxylic acids is 1. The summed E-state index contributed by atoms with van der Waals surface area (Å²) in [7, 11) is 0. The van der Waals surface area contributed by atoms with Gasteiger partial charge in [0.2, 0.25) is 0 Å². The number of hydrogen-bond acceptors (Lipinski definition) is 3. The lowest BCUT2D eigenvalue weighted by atomic mass is 9.95. The largest absolute Gasteiger partial charge is 0.498 e. The first-order valence-electron chi connectivity index (χ1n) is 6.38. The fourth-order valence-electron chi connectivity index (χ4n) is 2.75. The molecule has 5 heteroatoms. The van der Waals surface area contributed by atoms with Gasteiger partial charge in [0.25, 0.3) is 6.09 Å². The van der Waals surface area contributed by atoms with E-state index in [2.05, 4.69) is 0 Å². The molecule has 0 radical (unpaired) electrons. The molecule has 1 heterocycles. The summed E-state index contributed by atoms with van der Waals surface area (Å²) in [6.07, 6.45) is -0.0513. The molecule has 0 aromatic heterocycles. The molecular weight excluding hydrogens is 246 g/mol. The minimum atomic E-state index is -1.19. The fraction of sp³-hybridized carbons (Fsp3) is 0.429. The van der Waals surface area contributed by atoms with Gasteiger partial charge in [0.05, 0.1) is 13.1 Å². The first-order chi connectivity index (χ1) is 9.03. The smallest absolute Gasteiger partial charge is 0.312 e. The molecule has 1 aliphatic heterocycles. The first-order valence-corrected chi connectivity index (χ1v) is 6.38. The van der Waals surface area contributed by atoms with E-state index in [4.69, 9.17) is 5.11 Å². The number of nitrogens with zero attached hydrogens (tertiary/aromatic N) is 1. The van der Waals surface area contributed by atoms with Gasteiger partial charge in [-0.15, -0.1) is 0 Å². The Morgan fingerprint density at radius 1 is 1.32 bits per heavy atom. The molecular formula is C14H17NO4. The second-order valence-electron chi connectivity index (χ2n) is 5.14. The van der Waals surface area contributed by atoms with Crippen LogP contribution < -0.4 is 5.11 Å². The number of benzene rings is 1. The van der Waals surface area contributed by atoms with Gasteiger partial charge < -0.3 is 15.0 Å². The SMILES string of the molecule is O=C(O)C1CCC[N+](Cc2ccccc2)(C(=O)[O-])C1. The zero-order valence-electron chi connectivity index (χ0n) is 10.6. The Kier molecular flexibility index (Phi) is 3.85. The molecule has 1 N–H and O–H groups in total. The average Bonchev–Trinajstić information content (AvgIpc) is 2.40. The summed E-state index contributed by atoms with van der Waals surface area (Å²) in [4.78, 5) is 22.6. The molecule has 2 unspecified atom stereocenters. The average molecular weight is 263 g/mol. The van der Waals surface area contributed by atoms with Crippen LogP contribution in [0.25, 0.3) is 0 Å². The van der Waals surface area contributed by atoms with Crippen molar-refractivity contribution in [1.29, 1.82) is 0 Å². The van der Waals surface area contributed by atoms with E-state index < -0.39 is 18.0 Å². The van der Waals surface area contributed by atoms with Gasteiger partial charge in [-0.25, -0.2) is 0 Å². The second-order valence-corrected chi connectivity index (χ2v) is 5.14. The monoisotopic (exact) mass is 263 g/mol. The number of carboxylic acid groups (broad SMARTS) is 2. The predicted octanol–water partition coefficient (Wildman–Crippen LogP) is 0.841. The summed E-state index contributed by atoms with van der Waals surface area (Å²) in [6.45, 7) is 0.820. The van der Waals surface area contributed by atoms with E-state index in [9.17, 15) is 14.7 Å². The summed E-state index contributed by atoms with van der Waals surface area (Å²) < 4.78 is -0.291. The number of piperidine rings is 1. The van der Waals surface area contributed by atoms with Gasteiger partial charge in [0.1, 0.15) is 12.5 Å². The van der Waals surface area contributed by atoms with Crippen LogP contribution in [0.1, 0.15) is 18.4 Å². The van der Waals surface area contributed by atoms with E-state index in [0.29, 0.717) is 19.4 Å². The molecule has 2 atom stereocenters. The molecule has 1 saturated heterocycles. The fourth-order valence-corrected chi connectivity index (χ4v) is 2.75. The highest BCUT2D eigenvalue weighted by molar-refractivity contribution is 5.70. The molecule has 1 fully saturated rings. The molecule has 1 aliphatic rings. The van der Waals surface area contributed by atoms with Gasteiger partial charge in [0, 0.05) is 5.56 Å². The Morgan fingerprint density at radius 2 is 2.00 bits per heavy atom. The zero-order valence-corrected chi connectivity index (χ0v) is 10.6. The predicted molar refractivity (Wildman–Crippen MR) is 65.9 cm³/mol. The third-order valence-corrected chi connectivity index (χ3v) is 3.77. The lowest BCUT2D eigenvalue weighted by Gasteiger charge is -2.42. The second kappa shape index (κ2) is 5.40. The Labute approximate surface area is 111 Å².